The van der Waals surface area contributed by atoms with Crippen molar-refractivity contribution in [2.24, 2.45) is 17.8 Å². The molecule has 1 saturated carbocycles. The molecule has 2 heteroatoms. The van der Waals surface area contributed by atoms with Gasteiger partial charge in [0.05, 0.1) is 0 Å². The van der Waals surface area contributed by atoms with Crippen LogP contribution in [-0.2, 0) is 11.2 Å². The minimum atomic E-state index is -0.244. The summed E-state index contributed by atoms with van der Waals surface area (Å²) in [6, 6.07) is 6.27. The Bertz CT molecular complexity index is 400. The molecule has 0 radical (unpaired) electrons. The SMILES string of the molecule is CC1CC(C)CC(C(=O)Cc2ccc(F)cc2)C1. The van der Waals surface area contributed by atoms with Gasteiger partial charge >= 0.3 is 0 Å². The van der Waals surface area contributed by atoms with Gasteiger partial charge in [-0.1, -0.05) is 26.0 Å². The highest BCUT2D eigenvalue weighted by Crippen LogP contribution is 2.33. The molecule has 0 saturated heterocycles. The summed E-state index contributed by atoms with van der Waals surface area (Å²) in [6.07, 6.45) is 3.72. The van der Waals surface area contributed by atoms with Gasteiger partial charge < -0.3 is 0 Å². The Morgan fingerprint density at radius 2 is 1.67 bits per heavy atom. The van der Waals surface area contributed by atoms with Gasteiger partial charge in [0, 0.05) is 12.3 Å². The van der Waals surface area contributed by atoms with E-state index in [2.05, 4.69) is 13.8 Å². The molecule has 0 heterocycles. The van der Waals surface area contributed by atoms with Crippen LogP contribution in [0.25, 0.3) is 0 Å². The summed E-state index contributed by atoms with van der Waals surface area (Å²) in [5, 5.41) is 0. The Morgan fingerprint density at radius 1 is 1.11 bits per heavy atom. The lowest BCUT2D eigenvalue weighted by Gasteiger charge is -2.30. The predicted octanol–water partition coefficient (Wildman–Crippen LogP) is 4.01. The molecular formula is C16H21FO. The van der Waals surface area contributed by atoms with E-state index >= 15 is 0 Å². The Labute approximate surface area is 108 Å². The van der Waals surface area contributed by atoms with Crippen molar-refractivity contribution < 1.29 is 9.18 Å². The third-order valence-electron chi connectivity index (χ3n) is 3.93. The van der Waals surface area contributed by atoms with Crippen molar-refractivity contribution in [1.29, 1.82) is 0 Å². The van der Waals surface area contributed by atoms with Gasteiger partial charge in [-0.2, -0.15) is 0 Å². The van der Waals surface area contributed by atoms with Gasteiger partial charge in [-0.15, -0.1) is 0 Å². The number of carbonyl (C=O) groups is 1. The number of Topliss-reactive ketones (excluding diaryl/α,β-unsaturated/α-hetero) is 1. The first kappa shape index (κ1) is 13.3. The molecule has 0 aliphatic heterocycles. The Hall–Kier alpha value is -1.18. The van der Waals surface area contributed by atoms with Crippen LogP contribution in [0, 0.1) is 23.6 Å². The fourth-order valence-electron chi connectivity index (χ4n) is 3.16. The first-order chi connectivity index (χ1) is 8.54. The van der Waals surface area contributed by atoms with Crippen molar-refractivity contribution in [1.82, 2.24) is 0 Å². The van der Waals surface area contributed by atoms with Crippen molar-refractivity contribution in [2.75, 3.05) is 0 Å². The summed E-state index contributed by atoms with van der Waals surface area (Å²) in [6.45, 7) is 4.46. The summed E-state index contributed by atoms with van der Waals surface area (Å²) in [5.74, 6) is 1.58. The lowest BCUT2D eigenvalue weighted by molar-refractivity contribution is -0.124. The highest BCUT2D eigenvalue weighted by atomic mass is 19.1. The van der Waals surface area contributed by atoms with E-state index in [0.29, 0.717) is 24.0 Å². The molecule has 2 rings (SSSR count). The molecule has 1 aliphatic rings. The molecular weight excluding hydrogens is 227 g/mol. The van der Waals surface area contributed by atoms with E-state index in [1.165, 1.54) is 18.6 Å². The van der Waals surface area contributed by atoms with E-state index in [0.717, 1.165) is 18.4 Å². The average Bonchev–Trinajstić information content (AvgIpc) is 2.31. The highest BCUT2D eigenvalue weighted by Gasteiger charge is 2.28. The van der Waals surface area contributed by atoms with Crippen molar-refractivity contribution >= 4 is 5.78 Å². The zero-order valence-corrected chi connectivity index (χ0v) is 11.2. The predicted molar refractivity (Wildman–Crippen MR) is 70.8 cm³/mol. The van der Waals surface area contributed by atoms with Crippen molar-refractivity contribution in [3.05, 3.63) is 35.6 Å². The topological polar surface area (TPSA) is 17.1 Å². The number of carbonyl (C=O) groups excluding carboxylic acids is 1. The number of ketones is 1. The molecule has 1 aliphatic carbocycles. The van der Waals surface area contributed by atoms with Crippen LogP contribution in [0.5, 0.6) is 0 Å². The first-order valence-electron chi connectivity index (χ1n) is 6.81. The summed E-state index contributed by atoms with van der Waals surface area (Å²) in [4.78, 5) is 12.2. The maximum absolute atomic E-state index is 12.8. The largest absolute Gasteiger partial charge is 0.299 e. The second kappa shape index (κ2) is 5.64. The van der Waals surface area contributed by atoms with Crippen LogP contribution in [0.15, 0.2) is 24.3 Å². The van der Waals surface area contributed by atoms with Gasteiger partial charge in [-0.05, 0) is 48.8 Å². The number of rotatable bonds is 3. The lowest BCUT2D eigenvalue weighted by atomic mass is 9.74. The van der Waals surface area contributed by atoms with Crippen LogP contribution in [0.1, 0.15) is 38.7 Å². The van der Waals surface area contributed by atoms with Gasteiger partial charge in [0.1, 0.15) is 11.6 Å². The van der Waals surface area contributed by atoms with Gasteiger partial charge in [0.2, 0.25) is 0 Å². The Kier molecular flexibility index (Phi) is 4.15. The van der Waals surface area contributed by atoms with E-state index in [-0.39, 0.29) is 11.7 Å². The standard InChI is InChI=1S/C16H21FO/c1-11-7-12(2)9-14(8-11)16(18)10-13-3-5-15(17)6-4-13/h3-6,11-12,14H,7-10H2,1-2H3. The smallest absolute Gasteiger partial charge is 0.140 e. The fourth-order valence-corrected chi connectivity index (χ4v) is 3.16. The molecule has 1 aromatic carbocycles. The molecule has 0 bridgehead atoms. The van der Waals surface area contributed by atoms with Crippen LogP contribution in [0.2, 0.25) is 0 Å². The van der Waals surface area contributed by atoms with Crippen LogP contribution in [0.4, 0.5) is 4.39 Å². The second-order valence-electron chi connectivity index (χ2n) is 5.88. The van der Waals surface area contributed by atoms with E-state index in [1.807, 2.05) is 0 Å². The molecule has 0 spiro atoms. The molecule has 1 fully saturated rings. The first-order valence-corrected chi connectivity index (χ1v) is 6.81. The Morgan fingerprint density at radius 3 is 2.22 bits per heavy atom. The van der Waals surface area contributed by atoms with Crippen LogP contribution >= 0.6 is 0 Å². The summed E-state index contributed by atoms with van der Waals surface area (Å²) >= 11 is 0. The summed E-state index contributed by atoms with van der Waals surface area (Å²) in [7, 11) is 0. The van der Waals surface area contributed by atoms with Gasteiger partial charge in [-0.3, -0.25) is 4.79 Å². The molecule has 2 unspecified atom stereocenters. The van der Waals surface area contributed by atoms with Crippen LogP contribution < -0.4 is 0 Å². The quantitative estimate of drug-likeness (QED) is 0.790. The zero-order valence-electron chi connectivity index (χ0n) is 11.2. The molecule has 0 N–H and O–H groups in total. The average molecular weight is 248 g/mol. The summed E-state index contributed by atoms with van der Waals surface area (Å²) in [5.41, 5.74) is 0.923. The highest BCUT2D eigenvalue weighted by molar-refractivity contribution is 5.83. The molecule has 2 atom stereocenters. The summed E-state index contributed by atoms with van der Waals surface area (Å²) < 4.78 is 12.8. The van der Waals surface area contributed by atoms with Gasteiger partial charge in [0.25, 0.3) is 0 Å². The van der Waals surface area contributed by atoms with E-state index in [9.17, 15) is 9.18 Å². The minimum Gasteiger partial charge on any atom is -0.299 e. The maximum Gasteiger partial charge on any atom is 0.140 e. The van der Waals surface area contributed by atoms with Crippen LogP contribution in [0.3, 0.4) is 0 Å². The van der Waals surface area contributed by atoms with E-state index < -0.39 is 0 Å². The maximum atomic E-state index is 12.8. The van der Waals surface area contributed by atoms with Crippen molar-refractivity contribution in [3.8, 4) is 0 Å². The molecule has 0 amide bonds. The molecule has 1 nitrogen and oxygen atoms in total. The van der Waals surface area contributed by atoms with Crippen molar-refractivity contribution in [3.63, 3.8) is 0 Å². The number of hydrogen-bond donors (Lipinski definition) is 0. The third kappa shape index (κ3) is 3.41. The van der Waals surface area contributed by atoms with Gasteiger partial charge in [0.15, 0.2) is 0 Å². The van der Waals surface area contributed by atoms with Gasteiger partial charge in [-0.25, -0.2) is 4.39 Å². The number of halogens is 1. The van der Waals surface area contributed by atoms with E-state index in [4.69, 9.17) is 0 Å². The Balaban J connectivity index is 1.97. The van der Waals surface area contributed by atoms with Crippen molar-refractivity contribution in [2.45, 2.75) is 39.5 Å². The zero-order chi connectivity index (χ0) is 13.1. The molecule has 18 heavy (non-hydrogen) atoms. The minimum absolute atomic E-state index is 0.203. The van der Waals surface area contributed by atoms with Crippen LogP contribution in [-0.4, -0.2) is 5.78 Å². The van der Waals surface area contributed by atoms with E-state index in [1.54, 1.807) is 12.1 Å². The second-order valence-corrected chi connectivity index (χ2v) is 5.88. The molecule has 98 valence electrons. The molecule has 1 aromatic rings. The number of hydrogen-bond acceptors (Lipinski definition) is 1. The normalized spacial score (nSPS) is 28.1. The molecule has 0 aromatic heterocycles. The number of benzene rings is 1. The monoisotopic (exact) mass is 248 g/mol. The fraction of sp³-hybridized carbons (Fsp3) is 0.562. The third-order valence-corrected chi connectivity index (χ3v) is 3.93. The lowest BCUT2D eigenvalue weighted by Crippen LogP contribution is -2.27.